The van der Waals surface area contributed by atoms with Crippen molar-refractivity contribution in [3.63, 3.8) is 0 Å². The van der Waals surface area contributed by atoms with Gasteiger partial charge in [-0.1, -0.05) is 19.4 Å². The van der Waals surface area contributed by atoms with Gasteiger partial charge in [0.1, 0.15) is 0 Å². The van der Waals surface area contributed by atoms with E-state index in [4.69, 9.17) is 0 Å². The molecule has 7 nitrogen and oxygen atoms in total. The van der Waals surface area contributed by atoms with E-state index in [1.807, 2.05) is 26.1 Å². The highest BCUT2D eigenvalue weighted by Crippen LogP contribution is 2.38. The van der Waals surface area contributed by atoms with Crippen LogP contribution in [0, 0.1) is 5.92 Å². The number of halogens is 3. The van der Waals surface area contributed by atoms with Crippen molar-refractivity contribution >= 4 is 6.21 Å². The number of H-pyrrole nitrogens is 1. The molecule has 1 fully saturated rings. The van der Waals surface area contributed by atoms with Crippen LogP contribution in [0.1, 0.15) is 50.9 Å². The van der Waals surface area contributed by atoms with Gasteiger partial charge >= 0.3 is 6.18 Å². The molecule has 4 N–H and O–H groups in total. The van der Waals surface area contributed by atoms with Gasteiger partial charge in [0.25, 0.3) is 0 Å². The van der Waals surface area contributed by atoms with Crippen LogP contribution < -0.4 is 16.1 Å². The molecule has 10 heteroatoms. The summed E-state index contributed by atoms with van der Waals surface area (Å²) >= 11 is 0. The van der Waals surface area contributed by atoms with Crippen LogP contribution in [0.25, 0.3) is 0 Å². The Bertz CT molecular complexity index is 960. The van der Waals surface area contributed by atoms with Gasteiger partial charge in [0, 0.05) is 49.6 Å². The minimum atomic E-state index is -4.54. The Balaban J connectivity index is 1.72. The van der Waals surface area contributed by atoms with E-state index in [1.165, 1.54) is 6.20 Å². The second-order valence-corrected chi connectivity index (χ2v) is 8.82. The number of alkyl halides is 3. The maximum absolute atomic E-state index is 13.8. The monoisotopic (exact) mass is 463 g/mol. The molecule has 1 saturated heterocycles. The van der Waals surface area contributed by atoms with Gasteiger partial charge < -0.3 is 21.0 Å². The Kier molecular flexibility index (Phi) is 6.83. The summed E-state index contributed by atoms with van der Waals surface area (Å²) in [5.74, 6) is 0.0453. The molecule has 3 unspecified atom stereocenters. The van der Waals surface area contributed by atoms with Crippen molar-refractivity contribution in [2.75, 3.05) is 19.6 Å². The van der Waals surface area contributed by atoms with E-state index in [9.17, 15) is 13.2 Å². The molecule has 0 amide bonds. The van der Waals surface area contributed by atoms with Crippen molar-refractivity contribution in [2.45, 2.75) is 57.9 Å². The second-order valence-electron chi connectivity index (χ2n) is 8.82. The molecule has 1 aromatic rings. The molecule has 0 radical (unpaired) electrons. The van der Waals surface area contributed by atoms with Gasteiger partial charge in [0.05, 0.1) is 23.5 Å². The van der Waals surface area contributed by atoms with Crippen LogP contribution in [-0.2, 0) is 6.18 Å². The van der Waals surface area contributed by atoms with Crippen LogP contribution in [-0.4, -0.2) is 53.0 Å². The fraction of sp³-hybridized carbons (Fsp3) is 0.565. The topological polar surface area (TPSA) is 80.4 Å². The van der Waals surface area contributed by atoms with Gasteiger partial charge in [-0.15, -0.1) is 0 Å². The molecule has 1 aromatic heterocycles. The van der Waals surface area contributed by atoms with Crippen molar-refractivity contribution in [1.82, 2.24) is 31.2 Å². The SMILES string of the molecule is C/C=C(\CCC)C(NC1=CC2C=NNC2C=C1N1CCN[C@@H](C)C1)c1c[nH]nc1C(F)(F)F. The molecule has 1 aliphatic carbocycles. The Hall–Kier alpha value is -2.75. The predicted octanol–water partition coefficient (Wildman–Crippen LogP) is 3.45. The molecule has 0 spiro atoms. The summed E-state index contributed by atoms with van der Waals surface area (Å²) in [5.41, 5.74) is 5.08. The fourth-order valence-electron chi connectivity index (χ4n) is 4.79. The van der Waals surface area contributed by atoms with Crippen LogP contribution in [0.5, 0.6) is 0 Å². The third kappa shape index (κ3) is 4.95. The number of aromatic amines is 1. The average Bonchev–Trinajstić information content (AvgIpc) is 3.44. The highest BCUT2D eigenvalue weighted by molar-refractivity contribution is 5.69. The van der Waals surface area contributed by atoms with E-state index in [-0.39, 0.29) is 17.5 Å². The maximum Gasteiger partial charge on any atom is 0.435 e. The Morgan fingerprint density at radius 1 is 1.36 bits per heavy atom. The highest BCUT2D eigenvalue weighted by Gasteiger charge is 2.40. The summed E-state index contributed by atoms with van der Waals surface area (Å²) < 4.78 is 41.3. The molecular formula is C23H32F3N7. The summed E-state index contributed by atoms with van der Waals surface area (Å²) in [5, 5.41) is 17.1. The van der Waals surface area contributed by atoms with Crippen LogP contribution in [0.4, 0.5) is 13.2 Å². The van der Waals surface area contributed by atoms with Gasteiger partial charge in [0.15, 0.2) is 5.69 Å². The quantitative estimate of drug-likeness (QED) is 0.466. The lowest BCUT2D eigenvalue weighted by molar-refractivity contribution is -0.142. The molecule has 0 saturated carbocycles. The van der Waals surface area contributed by atoms with Crippen LogP contribution >= 0.6 is 0 Å². The first-order valence-corrected chi connectivity index (χ1v) is 11.5. The average molecular weight is 464 g/mol. The van der Waals surface area contributed by atoms with Crippen LogP contribution in [0.3, 0.4) is 0 Å². The van der Waals surface area contributed by atoms with Gasteiger partial charge in [-0.05, 0) is 38.0 Å². The number of hydrazone groups is 1. The van der Waals surface area contributed by atoms with Crippen molar-refractivity contribution in [1.29, 1.82) is 0 Å². The van der Waals surface area contributed by atoms with E-state index in [1.54, 1.807) is 0 Å². The number of hydrogen-bond donors (Lipinski definition) is 4. The normalized spacial score (nSPS) is 26.4. The van der Waals surface area contributed by atoms with E-state index in [0.29, 0.717) is 12.5 Å². The van der Waals surface area contributed by atoms with Crippen molar-refractivity contribution in [2.24, 2.45) is 11.0 Å². The molecule has 3 heterocycles. The van der Waals surface area contributed by atoms with Gasteiger partial charge in [0.2, 0.25) is 0 Å². The second kappa shape index (κ2) is 9.62. The summed E-state index contributed by atoms with van der Waals surface area (Å²) in [7, 11) is 0. The molecule has 2 aliphatic heterocycles. The van der Waals surface area contributed by atoms with E-state index < -0.39 is 17.9 Å². The zero-order valence-corrected chi connectivity index (χ0v) is 19.2. The molecule has 0 aromatic carbocycles. The van der Waals surface area contributed by atoms with Crippen LogP contribution in [0.2, 0.25) is 0 Å². The largest absolute Gasteiger partial charge is 0.435 e. The van der Waals surface area contributed by atoms with Crippen molar-refractivity contribution in [3.8, 4) is 0 Å². The first-order valence-electron chi connectivity index (χ1n) is 11.5. The Morgan fingerprint density at radius 2 is 2.18 bits per heavy atom. The minimum absolute atomic E-state index is 0.0453. The number of allylic oxidation sites excluding steroid dienone is 1. The fourth-order valence-corrected chi connectivity index (χ4v) is 4.79. The zero-order chi connectivity index (χ0) is 23.6. The van der Waals surface area contributed by atoms with Crippen molar-refractivity contribution in [3.05, 3.63) is 52.6 Å². The first-order chi connectivity index (χ1) is 15.8. The summed E-state index contributed by atoms with van der Waals surface area (Å²) in [6, 6.07) is -0.284. The number of hydrogen-bond acceptors (Lipinski definition) is 6. The van der Waals surface area contributed by atoms with Crippen LogP contribution in [0.15, 0.2) is 46.5 Å². The molecule has 33 heavy (non-hydrogen) atoms. The summed E-state index contributed by atoms with van der Waals surface area (Å²) in [6.07, 6.45) is 6.31. The van der Waals surface area contributed by atoms with Gasteiger partial charge in [-0.2, -0.15) is 23.4 Å². The highest BCUT2D eigenvalue weighted by atomic mass is 19.4. The Labute approximate surface area is 192 Å². The van der Waals surface area contributed by atoms with E-state index in [0.717, 1.165) is 43.0 Å². The molecule has 3 aliphatic rings. The predicted molar refractivity (Wildman–Crippen MR) is 122 cm³/mol. The zero-order valence-electron chi connectivity index (χ0n) is 19.2. The van der Waals surface area contributed by atoms with Gasteiger partial charge in [-0.3, -0.25) is 5.10 Å². The standard InChI is InChI=1S/C23H32F3N7/c1-4-6-15(5-2)21(17-12-29-32-22(17)23(24,25)26)30-19-9-16-11-28-31-18(16)10-20(19)33-8-7-27-14(3)13-33/h5,9-12,14,16,18,21,27,30-31H,4,6-8,13H2,1-3H3,(H,29,32)/b15-5+/t14-,16?,18?,21?/m0/s1. The number of aromatic nitrogens is 2. The van der Waals surface area contributed by atoms with Crippen molar-refractivity contribution < 1.29 is 13.2 Å². The maximum atomic E-state index is 13.8. The lowest BCUT2D eigenvalue weighted by Gasteiger charge is -2.39. The van der Waals surface area contributed by atoms with E-state index in [2.05, 4.69) is 55.3 Å². The lowest BCUT2D eigenvalue weighted by Crippen LogP contribution is -2.50. The van der Waals surface area contributed by atoms with Gasteiger partial charge in [-0.25, -0.2) is 0 Å². The molecule has 4 atom stereocenters. The Morgan fingerprint density at radius 3 is 2.88 bits per heavy atom. The molecule has 4 rings (SSSR count). The third-order valence-electron chi connectivity index (χ3n) is 6.40. The summed E-state index contributed by atoms with van der Waals surface area (Å²) in [6.45, 7) is 8.53. The first kappa shape index (κ1) is 23.4. The number of rotatable bonds is 7. The number of nitrogens with zero attached hydrogens (tertiary/aromatic N) is 3. The van der Waals surface area contributed by atoms with E-state index >= 15 is 0 Å². The lowest BCUT2D eigenvalue weighted by atomic mass is 9.90. The number of piperazine rings is 1. The third-order valence-corrected chi connectivity index (χ3v) is 6.40. The number of fused-ring (bicyclic) bond motifs is 1. The summed E-state index contributed by atoms with van der Waals surface area (Å²) in [4.78, 5) is 2.29. The number of nitrogens with one attached hydrogen (secondary N) is 4. The molecular weight excluding hydrogens is 431 g/mol. The smallest absolute Gasteiger partial charge is 0.373 e. The molecule has 180 valence electrons. The molecule has 0 bridgehead atoms. The minimum Gasteiger partial charge on any atom is -0.373 e.